The molecule has 0 spiro atoms. The fourth-order valence-corrected chi connectivity index (χ4v) is 3.36. The van der Waals surface area contributed by atoms with E-state index in [0.717, 1.165) is 16.5 Å². The van der Waals surface area contributed by atoms with Crippen molar-refractivity contribution in [1.29, 1.82) is 0 Å². The highest BCUT2D eigenvalue weighted by Gasteiger charge is 2.24. The molecule has 108 valence electrons. The predicted molar refractivity (Wildman–Crippen MR) is 87.5 cm³/mol. The first-order valence-corrected chi connectivity index (χ1v) is 7.44. The minimum atomic E-state index is 0. The van der Waals surface area contributed by atoms with Crippen LogP contribution in [0.2, 0.25) is 5.15 Å². The summed E-state index contributed by atoms with van der Waals surface area (Å²) in [6.45, 7) is 0. The molecule has 1 aromatic heterocycles. The third kappa shape index (κ3) is 3.08. The molecule has 1 atom stereocenters. The minimum absolute atomic E-state index is 0. The Morgan fingerprint density at radius 1 is 1.15 bits per heavy atom. The van der Waals surface area contributed by atoms with Crippen LogP contribution >= 0.6 is 24.0 Å². The highest BCUT2D eigenvalue weighted by Crippen LogP contribution is 2.36. The Balaban J connectivity index is 0.00000147. The van der Waals surface area contributed by atoms with Crippen LogP contribution in [-0.4, -0.2) is 4.98 Å². The second kappa shape index (κ2) is 6.75. The second-order valence-electron chi connectivity index (χ2n) is 5.48. The Kier molecular flexibility index (Phi) is 5.25. The molecule has 2 nitrogen and oxygen atoms in total. The number of benzene rings is 1. The maximum absolute atomic E-state index is 6.44. The van der Waals surface area contributed by atoms with E-state index in [0.29, 0.717) is 11.1 Å². The third-order valence-electron chi connectivity index (χ3n) is 4.22. The summed E-state index contributed by atoms with van der Waals surface area (Å²) in [6, 6.07) is 10.2. The number of aromatic nitrogens is 1. The van der Waals surface area contributed by atoms with Gasteiger partial charge >= 0.3 is 0 Å². The van der Waals surface area contributed by atoms with Gasteiger partial charge in [0.05, 0.1) is 5.52 Å². The van der Waals surface area contributed by atoms with E-state index >= 15 is 0 Å². The summed E-state index contributed by atoms with van der Waals surface area (Å²) >= 11 is 6.33. The topological polar surface area (TPSA) is 38.9 Å². The molecule has 1 saturated carbocycles. The minimum Gasteiger partial charge on any atom is -0.324 e. The maximum atomic E-state index is 6.44. The number of hydrogen-bond acceptors (Lipinski definition) is 2. The smallest absolute Gasteiger partial charge is 0.134 e. The Bertz CT molecular complexity index is 580. The third-order valence-corrected chi connectivity index (χ3v) is 4.52. The Morgan fingerprint density at radius 3 is 2.60 bits per heavy atom. The monoisotopic (exact) mass is 310 g/mol. The number of halogens is 2. The largest absolute Gasteiger partial charge is 0.324 e. The van der Waals surface area contributed by atoms with Crippen LogP contribution in [0.1, 0.15) is 43.7 Å². The van der Waals surface area contributed by atoms with Gasteiger partial charge in [0.15, 0.2) is 0 Å². The van der Waals surface area contributed by atoms with Crippen molar-refractivity contribution in [3.8, 4) is 0 Å². The van der Waals surface area contributed by atoms with Crippen molar-refractivity contribution >= 4 is 34.9 Å². The summed E-state index contributed by atoms with van der Waals surface area (Å²) in [4.78, 5) is 4.48. The van der Waals surface area contributed by atoms with Gasteiger partial charge < -0.3 is 5.73 Å². The second-order valence-corrected chi connectivity index (χ2v) is 5.84. The molecule has 1 aliphatic carbocycles. The van der Waals surface area contributed by atoms with Gasteiger partial charge in [0.25, 0.3) is 0 Å². The van der Waals surface area contributed by atoms with E-state index in [1.54, 1.807) is 0 Å². The van der Waals surface area contributed by atoms with Crippen LogP contribution in [0.5, 0.6) is 0 Å². The van der Waals surface area contributed by atoms with Crippen molar-refractivity contribution in [2.75, 3.05) is 0 Å². The number of nitrogens with two attached hydrogens (primary N) is 1. The molecule has 0 unspecified atom stereocenters. The van der Waals surface area contributed by atoms with Gasteiger partial charge in [-0.1, -0.05) is 49.1 Å². The van der Waals surface area contributed by atoms with Gasteiger partial charge in [0.1, 0.15) is 5.15 Å². The van der Waals surface area contributed by atoms with Crippen molar-refractivity contribution in [2.45, 2.75) is 38.1 Å². The zero-order valence-corrected chi connectivity index (χ0v) is 13.0. The number of hydrogen-bond donors (Lipinski definition) is 1. The zero-order valence-electron chi connectivity index (χ0n) is 11.4. The lowest BCUT2D eigenvalue weighted by molar-refractivity contribution is 0.308. The molecule has 0 saturated heterocycles. The molecular formula is C16H20Cl2N2. The van der Waals surface area contributed by atoms with Gasteiger partial charge in [-0.3, -0.25) is 0 Å². The molecule has 0 bridgehead atoms. The predicted octanol–water partition coefficient (Wildman–Crippen LogP) is 4.89. The first kappa shape index (κ1) is 15.6. The van der Waals surface area contributed by atoms with E-state index < -0.39 is 0 Å². The van der Waals surface area contributed by atoms with Gasteiger partial charge in [-0.05, 0) is 30.9 Å². The van der Waals surface area contributed by atoms with Crippen molar-refractivity contribution in [1.82, 2.24) is 4.98 Å². The van der Waals surface area contributed by atoms with Crippen LogP contribution in [0.4, 0.5) is 0 Å². The summed E-state index contributed by atoms with van der Waals surface area (Å²) in [5, 5.41) is 1.69. The average Bonchev–Trinajstić information content (AvgIpc) is 2.47. The van der Waals surface area contributed by atoms with Crippen LogP contribution in [0, 0.1) is 5.92 Å². The standard InChI is InChI=1S/C16H19ClN2.ClH/c17-16-13(15(18)11-6-2-1-3-7-11)10-12-8-4-5-9-14(12)19-16;/h4-5,8-11,15H,1-3,6-7,18H2;1H/t15-;/m1./s1. The van der Waals surface area contributed by atoms with Crippen LogP contribution in [0.25, 0.3) is 10.9 Å². The molecule has 2 N–H and O–H groups in total. The fourth-order valence-electron chi connectivity index (χ4n) is 3.09. The number of pyridine rings is 1. The van der Waals surface area contributed by atoms with E-state index in [1.165, 1.54) is 32.1 Å². The molecular weight excluding hydrogens is 291 g/mol. The molecule has 1 aliphatic rings. The van der Waals surface area contributed by atoms with Crippen LogP contribution < -0.4 is 5.73 Å². The summed E-state index contributed by atoms with van der Waals surface area (Å²) in [7, 11) is 0. The molecule has 0 radical (unpaired) electrons. The van der Waals surface area contributed by atoms with E-state index in [4.69, 9.17) is 17.3 Å². The molecule has 0 aliphatic heterocycles. The van der Waals surface area contributed by atoms with E-state index in [9.17, 15) is 0 Å². The normalized spacial score (nSPS) is 17.7. The molecule has 1 heterocycles. The Morgan fingerprint density at radius 2 is 1.85 bits per heavy atom. The van der Waals surface area contributed by atoms with E-state index in [2.05, 4.69) is 17.1 Å². The molecule has 0 amide bonds. The lowest BCUT2D eigenvalue weighted by atomic mass is 9.82. The fraction of sp³-hybridized carbons (Fsp3) is 0.438. The van der Waals surface area contributed by atoms with Crippen LogP contribution in [-0.2, 0) is 0 Å². The SMILES string of the molecule is Cl.N[C@@H](c1cc2ccccc2nc1Cl)C1CCCCC1. The summed E-state index contributed by atoms with van der Waals surface area (Å²) in [5.74, 6) is 0.550. The molecule has 4 heteroatoms. The highest BCUT2D eigenvalue weighted by atomic mass is 35.5. The van der Waals surface area contributed by atoms with Crippen molar-refractivity contribution in [3.05, 3.63) is 41.0 Å². The van der Waals surface area contributed by atoms with Gasteiger partial charge in [-0.2, -0.15) is 0 Å². The summed E-state index contributed by atoms with van der Waals surface area (Å²) in [5.41, 5.74) is 8.38. The van der Waals surface area contributed by atoms with Gasteiger partial charge in [-0.25, -0.2) is 4.98 Å². The molecule has 1 fully saturated rings. The van der Waals surface area contributed by atoms with Gasteiger partial charge in [-0.15, -0.1) is 12.4 Å². The number of fused-ring (bicyclic) bond motifs is 1. The van der Waals surface area contributed by atoms with Crippen molar-refractivity contribution < 1.29 is 0 Å². The molecule has 20 heavy (non-hydrogen) atoms. The van der Waals surface area contributed by atoms with Crippen LogP contribution in [0.3, 0.4) is 0 Å². The first-order chi connectivity index (χ1) is 9.25. The number of para-hydroxylation sites is 1. The van der Waals surface area contributed by atoms with Crippen LogP contribution in [0.15, 0.2) is 30.3 Å². The van der Waals surface area contributed by atoms with Crippen molar-refractivity contribution in [3.63, 3.8) is 0 Å². The molecule has 3 rings (SSSR count). The number of rotatable bonds is 2. The first-order valence-electron chi connectivity index (χ1n) is 7.06. The molecule has 1 aromatic carbocycles. The van der Waals surface area contributed by atoms with E-state index in [-0.39, 0.29) is 18.4 Å². The van der Waals surface area contributed by atoms with Gasteiger partial charge in [0, 0.05) is 17.0 Å². The quantitative estimate of drug-likeness (QED) is 0.802. The number of nitrogens with zero attached hydrogens (tertiary/aromatic N) is 1. The van der Waals surface area contributed by atoms with Crippen molar-refractivity contribution in [2.24, 2.45) is 11.7 Å². The zero-order chi connectivity index (χ0) is 13.2. The lowest BCUT2D eigenvalue weighted by Gasteiger charge is -2.28. The molecule has 2 aromatic rings. The Hall–Kier alpha value is -0.830. The summed E-state index contributed by atoms with van der Waals surface area (Å²) < 4.78 is 0. The Labute approximate surface area is 131 Å². The van der Waals surface area contributed by atoms with Gasteiger partial charge in [0.2, 0.25) is 0 Å². The average molecular weight is 311 g/mol. The summed E-state index contributed by atoms with van der Waals surface area (Å²) in [6.07, 6.45) is 6.34. The van der Waals surface area contributed by atoms with E-state index in [1.807, 2.05) is 18.2 Å². The lowest BCUT2D eigenvalue weighted by Crippen LogP contribution is -2.24. The highest BCUT2D eigenvalue weighted by molar-refractivity contribution is 6.30. The maximum Gasteiger partial charge on any atom is 0.134 e.